The lowest BCUT2D eigenvalue weighted by Gasteiger charge is -2.11. The first-order chi connectivity index (χ1) is 15.8. The topological polar surface area (TPSA) is 72.7 Å². The van der Waals surface area contributed by atoms with E-state index < -0.39 is 11.7 Å². The highest BCUT2D eigenvalue weighted by atomic mass is 32.2. The molecule has 4 aromatic rings. The number of alkyl halides is 3. The van der Waals surface area contributed by atoms with Crippen LogP contribution in [0.1, 0.15) is 11.1 Å². The molecule has 33 heavy (non-hydrogen) atoms. The van der Waals surface area contributed by atoms with Gasteiger partial charge in [-0.1, -0.05) is 29.5 Å². The number of hydrogen-bond donors (Lipinski definition) is 1. The average Bonchev–Trinajstić information content (AvgIpc) is 3.22. The smallest absolute Gasteiger partial charge is 0.325 e. The largest absolute Gasteiger partial charge is 0.416 e. The number of amides is 1. The molecule has 0 fully saturated rings. The third kappa shape index (κ3) is 5.40. The quantitative estimate of drug-likeness (QED) is 0.384. The number of nitrogens with one attached hydrogen (secondary N) is 1. The summed E-state index contributed by atoms with van der Waals surface area (Å²) in [5.41, 5.74) is 2.26. The molecule has 0 aliphatic carbocycles. The van der Waals surface area contributed by atoms with Gasteiger partial charge in [0.2, 0.25) is 5.91 Å². The van der Waals surface area contributed by atoms with Crippen LogP contribution in [0.15, 0.2) is 78.2 Å². The molecule has 10 heteroatoms. The van der Waals surface area contributed by atoms with Crippen molar-refractivity contribution in [3.05, 3.63) is 84.2 Å². The fourth-order valence-electron chi connectivity index (χ4n) is 3.05. The molecule has 2 heterocycles. The number of anilines is 1. The van der Waals surface area contributed by atoms with Gasteiger partial charge in [0.05, 0.1) is 11.3 Å². The van der Waals surface area contributed by atoms with Crippen LogP contribution in [0.25, 0.3) is 17.1 Å². The maximum atomic E-state index is 12.7. The Morgan fingerprint density at radius 2 is 1.64 bits per heavy atom. The van der Waals surface area contributed by atoms with Gasteiger partial charge in [-0.15, -0.1) is 10.2 Å². The molecular formula is C23H18F3N5OS. The lowest BCUT2D eigenvalue weighted by Crippen LogP contribution is -2.15. The Bertz CT molecular complexity index is 1240. The van der Waals surface area contributed by atoms with E-state index in [1.165, 1.54) is 23.9 Å². The normalized spacial score (nSPS) is 11.4. The molecule has 4 rings (SSSR count). The monoisotopic (exact) mass is 469 g/mol. The molecule has 1 amide bonds. The number of aryl methyl sites for hydroxylation is 1. The molecule has 0 aliphatic rings. The van der Waals surface area contributed by atoms with Crippen LogP contribution in [-0.4, -0.2) is 31.4 Å². The van der Waals surface area contributed by atoms with E-state index in [9.17, 15) is 18.0 Å². The molecule has 0 saturated heterocycles. The fourth-order valence-corrected chi connectivity index (χ4v) is 3.80. The first kappa shape index (κ1) is 22.5. The lowest BCUT2D eigenvalue weighted by atomic mass is 10.2. The maximum Gasteiger partial charge on any atom is 0.416 e. The minimum atomic E-state index is -4.43. The van der Waals surface area contributed by atoms with Crippen molar-refractivity contribution >= 4 is 23.4 Å². The number of carbonyl (C=O) groups excluding carboxylic acids is 1. The van der Waals surface area contributed by atoms with Gasteiger partial charge in [0.15, 0.2) is 11.0 Å². The molecule has 2 aromatic heterocycles. The number of aromatic nitrogens is 4. The second-order valence-electron chi connectivity index (χ2n) is 7.12. The minimum Gasteiger partial charge on any atom is -0.325 e. The Balaban J connectivity index is 1.52. The third-order valence-electron chi connectivity index (χ3n) is 4.69. The second-order valence-corrected chi connectivity index (χ2v) is 8.07. The molecule has 0 spiro atoms. The van der Waals surface area contributed by atoms with Crippen LogP contribution in [0.5, 0.6) is 0 Å². The summed E-state index contributed by atoms with van der Waals surface area (Å²) in [5.74, 6) is 0.233. The molecule has 0 aliphatic heterocycles. The molecule has 168 valence electrons. The average molecular weight is 469 g/mol. The Labute approximate surface area is 191 Å². The Kier molecular flexibility index (Phi) is 6.45. The molecule has 0 unspecified atom stereocenters. The van der Waals surface area contributed by atoms with Crippen LogP contribution in [-0.2, 0) is 11.0 Å². The highest BCUT2D eigenvalue weighted by molar-refractivity contribution is 7.99. The van der Waals surface area contributed by atoms with E-state index in [-0.39, 0.29) is 17.3 Å². The van der Waals surface area contributed by atoms with Crippen LogP contribution >= 0.6 is 11.8 Å². The number of carbonyl (C=O) groups is 1. The van der Waals surface area contributed by atoms with Crippen LogP contribution in [0.3, 0.4) is 0 Å². The van der Waals surface area contributed by atoms with Crippen LogP contribution in [0.2, 0.25) is 0 Å². The number of thioether (sulfide) groups is 1. The van der Waals surface area contributed by atoms with Crippen molar-refractivity contribution in [3.63, 3.8) is 0 Å². The number of halogens is 3. The highest BCUT2D eigenvalue weighted by Crippen LogP contribution is 2.30. The molecule has 2 aromatic carbocycles. The van der Waals surface area contributed by atoms with E-state index in [0.29, 0.717) is 11.0 Å². The number of nitrogens with zero attached hydrogens (tertiary/aromatic N) is 4. The van der Waals surface area contributed by atoms with E-state index in [1.807, 2.05) is 47.9 Å². The summed E-state index contributed by atoms with van der Waals surface area (Å²) in [6, 6.07) is 15.8. The number of hydrogen-bond acceptors (Lipinski definition) is 5. The van der Waals surface area contributed by atoms with Crippen molar-refractivity contribution in [1.29, 1.82) is 0 Å². The summed E-state index contributed by atoms with van der Waals surface area (Å²) in [4.78, 5) is 16.4. The van der Waals surface area contributed by atoms with Gasteiger partial charge in [-0.25, -0.2) is 0 Å². The van der Waals surface area contributed by atoms with E-state index in [2.05, 4.69) is 20.5 Å². The van der Waals surface area contributed by atoms with Gasteiger partial charge in [-0.05, 0) is 55.5 Å². The van der Waals surface area contributed by atoms with Gasteiger partial charge in [-0.3, -0.25) is 14.3 Å². The maximum absolute atomic E-state index is 12.7. The van der Waals surface area contributed by atoms with Crippen molar-refractivity contribution in [1.82, 2.24) is 19.7 Å². The summed E-state index contributed by atoms with van der Waals surface area (Å²) < 4.78 is 40.0. The minimum absolute atomic E-state index is 0.00135. The summed E-state index contributed by atoms with van der Waals surface area (Å²) in [6.45, 7) is 1.99. The SMILES string of the molecule is Cc1ccc(-n2c(SCC(=O)Nc3ccc(C(F)(F)F)cc3)nnc2-c2ccncc2)cc1. The van der Waals surface area contributed by atoms with Gasteiger partial charge in [0.25, 0.3) is 0 Å². The highest BCUT2D eigenvalue weighted by Gasteiger charge is 2.30. The molecule has 0 radical (unpaired) electrons. The summed E-state index contributed by atoms with van der Waals surface area (Å²) in [5, 5.41) is 11.7. The first-order valence-corrected chi connectivity index (χ1v) is 10.8. The standard InChI is InChI=1S/C23H18F3N5OS/c1-15-2-8-19(9-3-15)31-21(16-10-12-27-13-11-16)29-30-22(31)33-14-20(32)28-18-6-4-17(5-7-18)23(24,25)26/h2-13H,14H2,1H3,(H,28,32). The first-order valence-electron chi connectivity index (χ1n) is 9.84. The Hall–Kier alpha value is -3.66. The zero-order chi connectivity index (χ0) is 23.4. The van der Waals surface area contributed by atoms with Crippen molar-refractivity contribution in [2.75, 3.05) is 11.1 Å². The van der Waals surface area contributed by atoms with Gasteiger partial charge >= 0.3 is 6.18 Å². The van der Waals surface area contributed by atoms with Crippen molar-refractivity contribution in [2.45, 2.75) is 18.3 Å². The van der Waals surface area contributed by atoms with E-state index >= 15 is 0 Å². The fraction of sp³-hybridized carbons (Fsp3) is 0.130. The molecular weight excluding hydrogens is 451 g/mol. The molecule has 1 N–H and O–H groups in total. The Morgan fingerprint density at radius 3 is 2.27 bits per heavy atom. The number of rotatable bonds is 6. The summed E-state index contributed by atoms with van der Waals surface area (Å²) in [7, 11) is 0. The third-order valence-corrected chi connectivity index (χ3v) is 5.62. The zero-order valence-corrected chi connectivity index (χ0v) is 18.2. The van der Waals surface area contributed by atoms with Crippen molar-refractivity contribution < 1.29 is 18.0 Å². The van der Waals surface area contributed by atoms with Gasteiger partial charge in [0, 0.05) is 29.3 Å². The van der Waals surface area contributed by atoms with E-state index in [0.717, 1.165) is 28.9 Å². The van der Waals surface area contributed by atoms with Gasteiger partial charge in [0.1, 0.15) is 0 Å². The lowest BCUT2D eigenvalue weighted by molar-refractivity contribution is -0.137. The Morgan fingerprint density at radius 1 is 0.970 bits per heavy atom. The van der Waals surface area contributed by atoms with Crippen molar-refractivity contribution in [2.24, 2.45) is 0 Å². The van der Waals surface area contributed by atoms with Gasteiger partial charge in [-0.2, -0.15) is 13.2 Å². The summed E-state index contributed by atoms with van der Waals surface area (Å²) >= 11 is 1.18. The van der Waals surface area contributed by atoms with Crippen LogP contribution in [0, 0.1) is 6.92 Å². The van der Waals surface area contributed by atoms with Crippen molar-refractivity contribution in [3.8, 4) is 17.1 Å². The zero-order valence-electron chi connectivity index (χ0n) is 17.4. The predicted molar refractivity (Wildman–Crippen MR) is 120 cm³/mol. The van der Waals surface area contributed by atoms with Gasteiger partial charge < -0.3 is 5.32 Å². The van der Waals surface area contributed by atoms with Crippen LogP contribution in [0.4, 0.5) is 18.9 Å². The van der Waals surface area contributed by atoms with E-state index in [4.69, 9.17) is 0 Å². The predicted octanol–water partition coefficient (Wildman–Crippen LogP) is 5.39. The van der Waals surface area contributed by atoms with E-state index in [1.54, 1.807) is 12.4 Å². The molecule has 0 saturated carbocycles. The van der Waals surface area contributed by atoms with Crippen LogP contribution < -0.4 is 5.32 Å². The molecule has 0 bridgehead atoms. The molecule has 0 atom stereocenters. The molecule has 6 nitrogen and oxygen atoms in total. The summed E-state index contributed by atoms with van der Waals surface area (Å²) in [6.07, 6.45) is -1.10. The second kappa shape index (κ2) is 9.45. The number of pyridine rings is 1. The number of benzene rings is 2.